The van der Waals surface area contributed by atoms with Gasteiger partial charge in [0, 0.05) is 19.0 Å². The molecule has 5 rings (SSSR count). The van der Waals surface area contributed by atoms with Crippen molar-refractivity contribution in [3.8, 4) is 11.5 Å². The zero-order valence-electron chi connectivity index (χ0n) is 18.7. The first-order chi connectivity index (χ1) is 18.1. The highest BCUT2D eigenvalue weighted by Gasteiger charge is 2.70. The molecule has 2 bridgehead atoms. The molecule has 208 valence electrons. The van der Waals surface area contributed by atoms with E-state index in [1.807, 2.05) is 0 Å². The molecule has 0 amide bonds. The number of phenols is 1. The molecule has 0 radical (unpaired) electrons. The summed E-state index contributed by atoms with van der Waals surface area (Å²) in [5, 5.41) is 9.72. The van der Waals surface area contributed by atoms with E-state index < -0.39 is 97.8 Å². The Balaban J connectivity index is 1.45. The lowest BCUT2D eigenvalue weighted by molar-refractivity contribution is -0.150. The highest BCUT2D eigenvalue weighted by molar-refractivity contribution is 14.1. The normalized spacial score (nSPS) is 27.0. The molecule has 17 heteroatoms. The smallest absolute Gasteiger partial charge is 0.340 e. The second-order valence-corrected chi connectivity index (χ2v) is 12.7. The van der Waals surface area contributed by atoms with Crippen LogP contribution in [0.1, 0.15) is 16.8 Å². The minimum absolute atomic E-state index is 0.0887. The molecule has 39 heavy (non-hydrogen) atoms. The third kappa shape index (κ3) is 4.44. The molecular weight excluding hydrogens is 786 g/mol. The van der Waals surface area contributed by atoms with E-state index in [1.54, 1.807) is 45.2 Å². The van der Waals surface area contributed by atoms with Gasteiger partial charge in [0.2, 0.25) is 17.4 Å². The number of rotatable bonds is 5. The number of phenolic OH excluding ortho intramolecular Hbond substituents is 1. The number of carbonyl (C=O) groups excluding carboxylic acids is 3. The predicted molar refractivity (Wildman–Crippen MR) is 133 cm³/mol. The van der Waals surface area contributed by atoms with Crippen molar-refractivity contribution in [1.29, 1.82) is 0 Å². The van der Waals surface area contributed by atoms with Gasteiger partial charge < -0.3 is 19.3 Å². The maximum atomic E-state index is 14.5. The van der Waals surface area contributed by atoms with Crippen LogP contribution in [0.25, 0.3) is 0 Å². The van der Waals surface area contributed by atoms with Gasteiger partial charge in [0.05, 0.1) is 17.4 Å². The summed E-state index contributed by atoms with van der Waals surface area (Å²) in [7, 11) is -5.74. The van der Waals surface area contributed by atoms with Gasteiger partial charge in [-0.15, -0.1) is 0 Å². The summed E-state index contributed by atoms with van der Waals surface area (Å²) in [6.45, 7) is 0. The molecule has 1 aliphatic heterocycles. The first-order valence-corrected chi connectivity index (χ1v) is 14.4. The molecule has 2 aromatic carbocycles. The van der Waals surface area contributed by atoms with Crippen LogP contribution in [0.15, 0.2) is 17.0 Å². The molecule has 10 nitrogen and oxygen atoms in total. The van der Waals surface area contributed by atoms with Crippen molar-refractivity contribution >= 4 is 73.2 Å². The number of hydrogen-bond acceptors (Lipinski definition) is 9. The molecule has 2 saturated carbocycles. The number of esters is 3. The first-order valence-electron chi connectivity index (χ1n) is 10.8. The van der Waals surface area contributed by atoms with Gasteiger partial charge in [-0.2, -0.15) is 17.2 Å². The van der Waals surface area contributed by atoms with Crippen LogP contribution >= 0.6 is 45.2 Å². The maximum absolute atomic E-state index is 14.5. The number of carbonyl (C=O) groups is 3. The number of benzene rings is 2. The summed E-state index contributed by atoms with van der Waals surface area (Å²) in [4.78, 5) is 36.3. The van der Waals surface area contributed by atoms with Crippen LogP contribution in [0.2, 0.25) is 0 Å². The molecule has 1 heterocycles. The summed E-state index contributed by atoms with van der Waals surface area (Å²) >= 11 is 3.60. The molecule has 2 N–H and O–H groups in total. The Kier molecular flexibility index (Phi) is 7.02. The fraction of sp³-hybridized carbons (Fsp3) is 0.318. The summed E-state index contributed by atoms with van der Waals surface area (Å²) in [5.74, 6) is -19.4. The molecule has 3 fully saturated rings. The average Bonchev–Trinajstić information content (AvgIpc) is 3.43. The molecule has 1 saturated heterocycles. The molecule has 0 aromatic heterocycles. The van der Waals surface area contributed by atoms with E-state index in [2.05, 4.69) is 4.74 Å². The average molecular weight is 798 g/mol. The van der Waals surface area contributed by atoms with Crippen molar-refractivity contribution in [2.24, 2.45) is 23.7 Å². The predicted octanol–water partition coefficient (Wildman–Crippen LogP) is 3.34. The van der Waals surface area contributed by atoms with Crippen molar-refractivity contribution in [3.05, 3.63) is 48.1 Å². The third-order valence-corrected chi connectivity index (χ3v) is 9.51. The summed E-state index contributed by atoms with van der Waals surface area (Å²) in [6, 6.07) is 2.61. The van der Waals surface area contributed by atoms with Crippen molar-refractivity contribution in [3.63, 3.8) is 0 Å². The molecule has 6 atom stereocenters. The number of aromatic hydroxyl groups is 1. The highest BCUT2D eigenvalue weighted by Crippen LogP contribution is 2.59. The summed E-state index contributed by atoms with van der Waals surface area (Å²) in [5.41, 5.74) is 0.0887. The van der Waals surface area contributed by atoms with E-state index in [9.17, 15) is 45.5 Å². The number of fused-ring (bicyclic) bond motifs is 1. The molecule has 0 spiro atoms. The second kappa shape index (κ2) is 9.68. The quantitative estimate of drug-likeness (QED) is 0.115. The Morgan fingerprint density at radius 3 is 2.10 bits per heavy atom. The molecule has 3 aliphatic rings. The SMILES string of the molecule is O=C(OC1C2CC3C1OC(=O)C3C2C(=O)Oc1c(F)c(F)c(S(=O)(=O)O)c(F)c1F)c1c(I)cc(O)cc1I. The minimum atomic E-state index is -5.74. The van der Waals surface area contributed by atoms with E-state index >= 15 is 0 Å². The van der Waals surface area contributed by atoms with Gasteiger partial charge in [-0.25, -0.2) is 13.6 Å². The van der Waals surface area contributed by atoms with E-state index in [4.69, 9.17) is 14.0 Å². The fourth-order valence-electron chi connectivity index (χ4n) is 5.48. The van der Waals surface area contributed by atoms with Gasteiger partial charge in [0.25, 0.3) is 0 Å². The van der Waals surface area contributed by atoms with Gasteiger partial charge >= 0.3 is 28.0 Å². The third-order valence-electron chi connectivity index (χ3n) is 6.94. The van der Waals surface area contributed by atoms with Gasteiger partial charge in [0.1, 0.15) is 18.0 Å². The van der Waals surface area contributed by atoms with E-state index in [0.717, 1.165) is 0 Å². The minimum Gasteiger partial charge on any atom is -0.508 e. The standard InChI is InChI=1S/C22H12F4I2O10S/c23-12-14(25)19(39(33,34)35)15(26)13(24)18(12)38-21(31)10-6-3-5-9(10)20(30)36-16(5)17(6)37-22(32)11-7(27)1-4(29)2-8(11)28/h1-2,5-6,9-10,16-17,29H,3H2,(H,33,34,35). The van der Waals surface area contributed by atoms with Crippen molar-refractivity contribution in [1.82, 2.24) is 0 Å². The first kappa shape index (κ1) is 28.3. The van der Waals surface area contributed by atoms with Gasteiger partial charge in [-0.05, 0) is 63.7 Å². The second-order valence-electron chi connectivity index (χ2n) is 8.98. The van der Waals surface area contributed by atoms with Crippen LogP contribution < -0.4 is 4.74 Å². The van der Waals surface area contributed by atoms with Crippen molar-refractivity contribution < 1.29 is 64.2 Å². The molecule has 2 aromatic rings. The Morgan fingerprint density at radius 2 is 1.56 bits per heavy atom. The maximum Gasteiger partial charge on any atom is 0.340 e. The van der Waals surface area contributed by atoms with Crippen LogP contribution in [0, 0.1) is 54.1 Å². The van der Waals surface area contributed by atoms with Crippen LogP contribution in [0.3, 0.4) is 0 Å². The fourth-order valence-corrected chi connectivity index (χ4v) is 8.29. The zero-order valence-corrected chi connectivity index (χ0v) is 23.8. The van der Waals surface area contributed by atoms with E-state index in [0.29, 0.717) is 7.14 Å². The van der Waals surface area contributed by atoms with Crippen LogP contribution in [-0.4, -0.2) is 48.2 Å². The van der Waals surface area contributed by atoms with Crippen LogP contribution in [0.5, 0.6) is 11.5 Å². The number of halogens is 6. The Morgan fingerprint density at radius 1 is 1.00 bits per heavy atom. The Labute approximate surface area is 243 Å². The summed E-state index contributed by atoms with van der Waals surface area (Å²) < 4.78 is 105. The van der Waals surface area contributed by atoms with Crippen LogP contribution in [-0.2, 0) is 29.2 Å². The van der Waals surface area contributed by atoms with E-state index in [1.165, 1.54) is 12.1 Å². The van der Waals surface area contributed by atoms with Crippen LogP contribution in [0.4, 0.5) is 17.6 Å². The molecular formula is C22H12F4I2O10S. The lowest BCUT2D eigenvalue weighted by Gasteiger charge is -2.30. The lowest BCUT2D eigenvalue weighted by atomic mass is 9.78. The van der Waals surface area contributed by atoms with Gasteiger partial charge in [-0.1, -0.05) is 0 Å². The zero-order chi connectivity index (χ0) is 28.7. The summed E-state index contributed by atoms with van der Waals surface area (Å²) in [6.07, 6.45) is -2.00. The largest absolute Gasteiger partial charge is 0.508 e. The van der Waals surface area contributed by atoms with Crippen molar-refractivity contribution in [2.75, 3.05) is 0 Å². The topological polar surface area (TPSA) is 153 Å². The van der Waals surface area contributed by atoms with Crippen molar-refractivity contribution in [2.45, 2.75) is 23.5 Å². The monoisotopic (exact) mass is 798 g/mol. The number of ether oxygens (including phenoxy) is 3. The van der Waals surface area contributed by atoms with E-state index in [-0.39, 0.29) is 17.7 Å². The molecule has 2 aliphatic carbocycles. The molecule has 6 unspecified atom stereocenters. The van der Waals surface area contributed by atoms with Gasteiger partial charge in [-0.3, -0.25) is 14.1 Å². The Hall–Kier alpha value is -2.26. The lowest BCUT2D eigenvalue weighted by Crippen LogP contribution is -2.44. The Bertz CT molecular complexity index is 1530. The highest BCUT2D eigenvalue weighted by atomic mass is 127. The number of hydrogen-bond donors (Lipinski definition) is 2. The van der Waals surface area contributed by atoms with Gasteiger partial charge in [0.15, 0.2) is 16.5 Å².